The third-order valence-corrected chi connectivity index (χ3v) is 6.47. The van der Waals surface area contributed by atoms with Crippen molar-refractivity contribution in [1.29, 1.82) is 0 Å². The molecule has 190 valence electrons. The average Bonchev–Trinajstić information content (AvgIpc) is 3.43. The number of ether oxygens (including phenoxy) is 2. The van der Waals surface area contributed by atoms with Crippen molar-refractivity contribution in [2.24, 2.45) is 5.16 Å². The van der Waals surface area contributed by atoms with E-state index in [4.69, 9.17) is 14.3 Å². The van der Waals surface area contributed by atoms with Crippen LogP contribution in [0.2, 0.25) is 0 Å². The summed E-state index contributed by atoms with van der Waals surface area (Å²) in [6.45, 7) is 2.78. The first-order valence-corrected chi connectivity index (χ1v) is 12.9. The Morgan fingerprint density at radius 2 is 1.81 bits per heavy atom. The molecule has 0 saturated heterocycles. The molecule has 7 heteroatoms. The number of rotatable bonds is 13. The Hall–Kier alpha value is -4.10. The highest BCUT2D eigenvalue weighted by Gasteiger charge is 2.19. The summed E-state index contributed by atoms with van der Waals surface area (Å²) in [6, 6.07) is 25.2. The monoisotopic (exact) mass is 515 g/mol. The number of carbonyl (C=O) groups is 1. The average molecular weight is 516 g/mol. The number of nitrogens with zero attached hydrogens (tertiary/aromatic N) is 1. The van der Waals surface area contributed by atoms with Crippen LogP contribution in [-0.2, 0) is 22.8 Å². The minimum absolute atomic E-state index is 0.0169. The molecular formula is C30H29NO5S. The van der Waals surface area contributed by atoms with Gasteiger partial charge in [-0.2, -0.15) is 11.3 Å². The molecule has 4 rings (SSSR count). The van der Waals surface area contributed by atoms with Gasteiger partial charge in [0.1, 0.15) is 30.8 Å². The van der Waals surface area contributed by atoms with Gasteiger partial charge < -0.3 is 19.4 Å². The number of carboxylic acids is 1. The summed E-state index contributed by atoms with van der Waals surface area (Å²) in [5, 5.41) is 17.5. The molecule has 3 aromatic carbocycles. The fraction of sp³-hybridized carbons (Fsp3) is 0.200. The molecule has 0 spiro atoms. The van der Waals surface area contributed by atoms with E-state index in [1.807, 2.05) is 96.5 Å². The second kappa shape index (κ2) is 13.3. The number of benzene rings is 3. The number of oxime groups is 1. The first kappa shape index (κ1) is 26.0. The van der Waals surface area contributed by atoms with Crippen molar-refractivity contribution < 1.29 is 24.2 Å². The van der Waals surface area contributed by atoms with Crippen LogP contribution < -0.4 is 9.47 Å². The Labute approximate surface area is 220 Å². The quantitative estimate of drug-likeness (QED) is 0.151. The number of carboxylic acid groups (broad SMARTS) is 1. The Morgan fingerprint density at radius 1 is 1.00 bits per heavy atom. The highest BCUT2D eigenvalue weighted by Crippen LogP contribution is 2.32. The lowest BCUT2D eigenvalue weighted by Gasteiger charge is -2.22. The summed E-state index contributed by atoms with van der Waals surface area (Å²) < 4.78 is 12.5. The van der Waals surface area contributed by atoms with E-state index in [0.29, 0.717) is 36.7 Å². The van der Waals surface area contributed by atoms with Crippen molar-refractivity contribution in [1.82, 2.24) is 0 Å². The van der Waals surface area contributed by atoms with Gasteiger partial charge in [0.2, 0.25) is 0 Å². The van der Waals surface area contributed by atoms with Gasteiger partial charge in [0.15, 0.2) is 0 Å². The number of hydrogen-bond acceptors (Lipinski definition) is 6. The molecule has 0 saturated carbocycles. The number of hydrogen-bond donors (Lipinski definition) is 1. The van der Waals surface area contributed by atoms with E-state index in [9.17, 15) is 9.90 Å². The van der Waals surface area contributed by atoms with Crippen molar-refractivity contribution in [3.05, 3.63) is 117 Å². The van der Waals surface area contributed by atoms with Crippen molar-refractivity contribution in [2.75, 3.05) is 0 Å². The molecule has 4 aromatic rings. The third-order valence-electron chi connectivity index (χ3n) is 5.74. The molecule has 0 aliphatic rings. The van der Waals surface area contributed by atoms with E-state index in [-0.39, 0.29) is 6.42 Å². The van der Waals surface area contributed by atoms with E-state index in [1.54, 1.807) is 17.6 Å². The van der Waals surface area contributed by atoms with Crippen LogP contribution in [0.4, 0.5) is 0 Å². The second-order valence-corrected chi connectivity index (χ2v) is 9.29. The first-order chi connectivity index (χ1) is 18.1. The molecule has 1 aromatic heterocycles. The standard InChI is InChI=1S/C30H29NO5S/c1-22-7-5-6-10-27(22)28(13-14-30(32)33)36-29-17-26(34-19-24-15-16-37-21-24)12-11-25(29)18-31-35-20-23-8-3-2-4-9-23/h2-12,15-18,21,28H,13-14,19-20H2,1H3,(H,32,33)/t28-/m0/s1. The van der Waals surface area contributed by atoms with Gasteiger partial charge in [-0.25, -0.2) is 0 Å². The maximum Gasteiger partial charge on any atom is 0.303 e. The predicted octanol–water partition coefficient (Wildman–Crippen LogP) is 7.17. The van der Waals surface area contributed by atoms with Crippen LogP contribution >= 0.6 is 11.3 Å². The van der Waals surface area contributed by atoms with Crippen molar-refractivity contribution >= 4 is 23.5 Å². The van der Waals surface area contributed by atoms with E-state index in [1.165, 1.54) is 0 Å². The van der Waals surface area contributed by atoms with Crippen LogP contribution in [0, 0.1) is 6.92 Å². The van der Waals surface area contributed by atoms with Gasteiger partial charge in [-0.3, -0.25) is 4.79 Å². The lowest BCUT2D eigenvalue weighted by Crippen LogP contribution is -2.12. The molecule has 0 bridgehead atoms. The molecule has 0 unspecified atom stereocenters. The molecule has 6 nitrogen and oxygen atoms in total. The van der Waals surface area contributed by atoms with Gasteiger partial charge in [0.25, 0.3) is 0 Å². The van der Waals surface area contributed by atoms with Gasteiger partial charge >= 0.3 is 5.97 Å². The molecule has 0 fully saturated rings. The molecule has 1 heterocycles. The highest BCUT2D eigenvalue weighted by molar-refractivity contribution is 7.07. The van der Waals surface area contributed by atoms with Crippen molar-refractivity contribution in [3.8, 4) is 11.5 Å². The summed E-state index contributed by atoms with van der Waals surface area (Å²) in [5.74, 6) is 0.310. The summed E-state index contributed by atoms with van der Waals surface area (Å²) in [7, 11) is 0. The zero-order valence-electron chi connectivity index (χ0n) is 20.6. The minimum atomic E-state index is -0.869. The van der Waals surface area contributed by atoms with Gasteiger partial charge in [-0.15, -0.1) is 0 Å². The molecule has 1 atom stereocenters. The van der Waals surface area contributed by atoms with Crippen molar-refractivity contribution in [3.63, 3.8) is 0 Å². The predicted molar refractivity (Wildman–Crippen MR) is 145 cm³/mol. The zero-order valence-corrected chi connectivity index (χ0v) is 21.4. The summed E-state index contributed by atoms with van der Waals surface area (Å²) >= 11 is 1.62. The molecule has 0 aliphatic heterocycles. The smallest absolute Gasteiger partial charge is 0.303 e. The van der Waals surface area contributed by atoms with E-state index in [2.05, 4.69) is 5.16 Å². The van der Waals surface area contributed by atoms with Crippen molar-refractivity contribution in [2.45, 2.75) is 39.1 Å². The molecule has 0 aliphatic carbocycles. The topological polar surface area (TPSA) is 77.4 Å². The Bertz CT molecular complexity index is 1300. The van der Waals surface area contributed by atoms with Crippen LogP contribution in [0.1, 0.15) is 46.8 Å². The maximum atomic E-state index is 11.4. The van der Waals surface area contributed by atoms with Gasteiger partial charge in [-0.05, 0) is 64.6 Å². The van der Waals surface area contributed by atoms with E-state index >= 15 is 0 Å². The van der Waals surface area contributed by atoms with Gasteiger partial charge in [-0.1, -0.05) is 59.8 Å². The molecule has 1 N–H and O–H groups in total. The summed E-state index contributed by atoms with van der Waals surface area (Å²) in [4.78, 5) is 16.9. The molecule has 0 amide bonds. The lowest BCUT2D eigenvalue weighted by molar-refractivity contribution is -0.137. The van der Waals surface area contributed by atoms with Crippen LogP contribution in [0.25, 0.3) is 0 Å². The molecule has 0 radical (unpaired) electrons. The second-order valence-electron chi connectivity index (χ2n) is 8.51. The fourth-order valence-corrected chi connectivity index (χ4v) is 4.42. The van der Waals surface area contributed by atoms with Crippen LogP contribution in [0.15, 0.2) is 94.8 Å². The normalized spacial score (nSPS) is 11.8. The highest BCUT2D eigenvalue weighted by atomic mass is 32.1. The Balaban J connectivity index is 1.57. The molecular weight excluding hydrogens is 486 g/mol. The van der Waals surface area contributed by atoms with E-state index in [0.717, 1.165) is 22.3 Å². The summed E-state index contributed by atoms with van der Waals surface area (Å²) in [5.41, 5.74) is 4.78. The summed E-state index contributed by atoms with van der Waals surface area (Å²) in [6.07, 6.45) is 1.45. The largest absolute Gasteiger partial charge is 0.489 e. The van der Waals surface area contributed by atoms with Crippen LogP contribution in [0.5, 0.6) is 11.5 Å². The maximum absolute atomic E-state index is 11.4. The van der Waals surface area contributed by atoms with Crippen LogP contribution in [0.3, 0.4) is 0 Å². The fourth-order valence-electron chi connectivity index (χ4n) is 3.77. The number of thiophene rings is 1. The van der Waals surface area contributed by atoms with Gasteiger partial charge in [0.05, 0.1) is 6.21 Å². The number of aryl methyl sites for hydroxylation is 1. The minimum Gasteiger partial charge on any atom is -0.489 e. The SMILES string of the molecule is Cc1ccccc1[C@H](CCC(=O)O)Oc1cc(OCc2ccsc2)ccc1C=NOCc1ccccc1. The van der Waals surface area contributed by atoms with Gasteiger partial charge in [0, 0.05) is 18.1 Å². The first-order valence-electron chi connectivity index (χ1n) is 12.0. The molecule has 37 heavy (non-hydrogen) atoms. The number of aliphatic carboxylic acids is 1. The Kier molecular flexibility index (Phi) is 9.32. The van der Waals surface area contributed by atoms with E-state index < -0.39 is 12.1 Å². The zero-order chi connectivity index (χ0) is 25.9. The lowest BCUT2D eigenvalue weighted by atomic mass is 9.99. The Morgan fingerprint density at radius 3 is 2.57 bits per heavy atom. The third kappa shape index (κ3) is 7.95. The van der Waals surface area contributed by atoms with Crippen LogP contribution in [-0.4, -0.2) is 17.3 Å².